The molecule has 0 atom stereocenters. The Morgan fingerprint density at radius 3 is 2.83 bits per heavy atom. The molecule has 0 N–H and O–H groups in total. The summed E-state index contributed by atoms with van der Waals surface area (Å²) in [6.07, 6.45) is 11.0. The van der Waals surface area contributed by atoms with Crippen LogP contribution in [0.25, 0.3) is 6.08 Å². The molecule has 1 aromatic heterocycles. The van der Waals surface area contributed by atoms with Crippen molar-refractivity contribution in [2.24, 2.45) is 0 Å². The van der Waals surface area contributed by atoms with Crippen molar-refractivity contribution in [2.75, 3.05) is 0 Å². The molecule has 0 fully saturated rings. The molecule has 12 heavy (non-hydrogen) atoms. The molecule has 1 aromatic rings. The monoisotopic (exact) mass is 159 g/mol. The second-order valence-electron chi connectivity index (χ2n) is 2.17. The van der Waals surface area contributed by atoms with E-state index in [9.17, 15) is 4.79 Å². The molecule has 1 heterocycles. The average Bonchev–Trinajstić information content (AvgIpc) is 2.14. The highest BCUT2D eigenvalue weighted by molar-refractivity contribution is 5.66. The van der Waals surface area contributed by atoms with Crippen LogP contribution in [-0.2, 0) is 4.79 Å². The molecule has 0 saturated heterocycles. The van der Waals surface area contributed by atoms with Crippen molar-refractivity contribution in [3.8, 4) is 0 Å². The van der Waals surface area contributed by atoms with Crippen LogP contribution in [0.2, 0.25) is 0 Å². The van der Waals surface area contributed by atoms with Crippen molar-refractivity contribution >= 4 is 12.4 Å². The van der Waals surface area contributed by atoms with Gasteiger partial charge in [-0.15, -0.1) is 0 Å². The van der Waals surface area contributed by atoms with Gasteiger partial charge in [0.05, 0.1) is 0 Å². The SMILES string of the molecule is O=C/C=C/C=C/c1cccnc1. The summed E-state index contributed by atoms with van der Waals surface area (Å²) in [5.74, 6) is 0. The van der Waals surface area contributed by atoms with Crippen molar-refractivity contribution in [3.63, 3.8) is 0 Å². The van der Waals surface area contributed by atoms with Crippen LogP contribution in [0, 0.1) is 0 Å². The number of pyridine rings is 1. The summed E-state index contributed by atoms with van der Waals surface area (Å²) < 4.78 is 0. The molecule has 1 rings (SSSR count). The van der Waals surface area contributed by atoms with Crippen LogP contribution in [0.15, 0.2) is 42.8 Å². The third-order valence-electron chi connectivity index (χ3n) is 1.27. The molecule has 0 unspecified atom stereocenters. The molecule has 2 nitrogen and oxygen atoms in total. The van der Waals surface area contributed by atoms with Crippen LogP contribution in [-0.4, -0.2) is 11.3 Å². The number of hydrogen-bond donors (Lipinski definition) is 0. The lowest BCUT2D eigenvalue weighted by Crippen LogP contribution is -1.71. The number of aromatic nitrogens is 1. The zero-order chi connectivity index (χ0) is 8.65. The summed E-state index contributed by atoms with van der Waals surface area (Å²) in [5, 5.41) is 0. The molecule has 60 valence electrons. The molecule has 0 amide bonds. The average molecular weight is 159 g/mol. The van der Waals surface area contributed by atoms with Gasteiger partial charge in [0.15, 0.2) is 0 Å². The maximum atomic E-state index is 9.88. The van der Waals surface area contributed by atoms with Crippen LogP contribution < -0.4 is 0 Å². The molecule has 0 aliphatic carbocycles. The van der Waals surface area contributed by atoms with Crippen LogP contribution in [0.1, 0.15) is 5.56 Å². The van der Waals surface area contributed by atoms with Crippen molar-refractivity contribution in [2.45, 2.75) is 0 Å². The number of allylic oxidation sites excluding steroid dienone is 3. The number of aldehydes is 1. The second kappa shape index (κ2) is 5.02. The molecule has 0 saturated carbocycles. The molecule has 2 heteroatoms. The highest BCUT2D eigenvalue weighted by atomic mass is 16.1. The first-order chi connectivity index (χ1) is 5.93. The number of nitrogens with zero attached hydrogens (tertiary/aromatic N) is 1. The molecule has 0 spiro atoms. The van der Waals surface area contributed by atoms with E-state index in [1.165, 1.54) is 6.08 Å². The van der Waals surface area contributed by atoms with Gasteiger partial charge in [-0.05, 0) is 17.7 Å². The first-order valence-electron chi connectivity index (χ1n) is 3.62. The Labute approximate surface area is 71.3 Å². The van der Waals surface area contributed by atoms with Gasteiger partial charge in [-0.3, -0.25) is 9.78 Å². The number of rotatable bonds is 3. The Morgan fingerprint density at radius 2 is 2.17 bits per heavy atom. The number of hydrogen-bond acceptors (Lipinski definition) is 2. The molecular weight excluding hydrogens is 150 g/mol. The van der Waals surface area contributed by atoms with Crippen molar-refractivity contribution in [1.82, 2.24) is 4.98 Å². The Bertz CT molecular complexity index is 288. The summed E-state index contributed by atoms with van der Waals surface area (Å²) in [6.45, 7) is 0. The maximum Gasteiger partial charge on any atom is 0.142 e. The predicted octanol–water partition coefficient (Wildman–Crippen LogP) is 1.85. The van der Waals surface area contributed by atoms with E-state index in [1.807, 2.05) is 18.2 Å². The van der Waals surface area contributed by atoms with Gasteiger partial charge in [-0.1, -0.05) is 24.3 Å². The maximum absolute atomic E-state index is 9.88. The van der Waals surface area contributed by atoms with E-state index in [4.69, 9.17) is 0 Å². The van der Waals surface area contributed by atoms with E-state index in [0.29, 0.717) is 0 Å². The highest BCUT2D eigenvalue weighted by Gasteiger charge is 1.79. The summed E-state index contributed by atoms with van der Waals surface area (Å²) in [4.78, 5) is 13.8. The lowest BCUT2D eigenvalue weighted by Gasteiger charge is -1.86. The van der Waals surface area contributed by atoms with Crippen LogP contribution >= 0.6 is 0 Å². The van der Waals surface area contributed by atoms with Crippen molar-refractivity contribution < 1.29 is 4.79 Å². The standard InChI is InChI=1S/C10H9NO/c12-8-3-1-2-5-10-6-4-7-11-9-10/h1-9H/b3-1+,5-2+. The highest BCUT2D eigenvalue weighted by Crippen LogP contribution is 1.97. The Balaban J connectivity index is 2.58. The summed E-state index contributed by atoms with van der Waals surface area (Å²) in [6, 6.07) is 3.81. The van der Waals surface area contributed by atoms with E-state index in [-0.39, 0.29) is 0 Å². The van der Waals surface area contributed by atoms with Crippen LogP contribution in [0.3, 0.4) is 0 Å². The minimum Gasteiger partial charge on any atom is -0.299 e. The molecule has 0 radical (unpaired) electrons. The minimum atomic E-state index is 0.744. The van der Waals surface area contributed by atoms with Gasteiger partial charge in [0.25, 0.3) is 0 Å². The lowest BCUT2D eigenvalue weighted by atomic mass is 10.2. The first kappa shape index (κ1) is 8.40. The molecule has 0 bridgehead atoms. The number of carbonyl (C=O) groups is 1. The fourth-order valence-electron chi connectivity index (χ4n) is 0.751. The Morgan fingerprint density at radius 1 is 1.25 bits per heavy atom. The van der Waals surface area contributed by atoms with Gasteiger partial charge in [-0.2, -0.15) is 0 Å². The van der Waals surface area contributed by atoms with Crippen molar-refractivity contribution in [3.05, 3.63) is 48.3 Å². The first-order valence-corrected chi connectivity index (χ1v) is 3.62. The smallest absolute Gasteiger partial charge is 0.142 e. The molecule has 0 aliphatic heterocycles. The predicted molar refractivity (Wildman–Crippen MR) is 48.5 cm³/mol. The van der Waals surface area contributed by atoms with E-state index < -0.39 is 0 Å². The molecule has 0 aromatic carbocycles. The third-order valence-corrected chi connectivity index (χ3v) is 1.27. The minimum absolute atomic E-state index is 0.744. The molecule has 0 aliphatic rings. The zero-order valence-electron chi connectivity index (χ0n) is 6.55. The summed E-state index contributed by atoms with van der Waals surface area (Å²) in [7, 11) is 0. The van der Waals surface area contributed by atoms with Crippen LogP contribution in [0.5, 0.6) is 0 Å². The fraction of sp³-hybridized carbons (Fsp3) is 0. The second-order valence-corrected chi connectivity index (χ2v) is 2.17. The topological polar surface area (TPSA) is 30.0 Å². The normalized spacial score (nSPS) is 11.0. The van der Waals surface area contributed by atoms with Gasteiger partial charge in [-0.25, -0.2) is 0 Å². The number of carbonyl (C=O) groups excluding carboxylic acids is 1. The fourth-order valence-corrected chi connectivity index (χ4v) is 0.751. The van der Waals surface area contributed by atoms with Gasteiger partial charge in [0.1, 0.15) is 6.29 Å². The Kier molecular flexibility index (Phi) is 3.51. The van der Waals surface area contributed by atoms with Gasteiger partial charge >= 0.3 is 0 Å². The van der Waals surface area contributed by atoms with E-state index in [0.717, 1.165) is 11.8 Å². The van der Waals surface area contributed by atoms with Gasteiger partial charge in [0, 0.05) is 12.4 Å². The van der Waals surface area contributed by atoms with Gasteiger partial charge in [0.2, 0.25) is 0 Å². The van der Waals surface area contributed by atoms with E-state index in [1.54, 1.807) is 24.5 Å². The largest absolute Gasteiger partial charge is 0.299 e. The van der Waals surface area contributed by atoms with E-state index in [2.05, 4.69) is 4.98 Å². The van der Waals surface area contributed by atoms with Crippen LogP contribution in [0.4, 0.5) is 0 Å². The lowest BCUT2D eigenvalue weighted by molar-refractivity contribution is -0.104. The van der Waals surface area contributed by atoms with Gasteiger partial charge < -0.3 is 0 Å². The summed E-state index contributed by atoms with van der Waals surface area (Å²) in [5.41, 5.74) is 1.02. The van der Waals surface area contributed by atoms with E-state index >= 15 is 0 Å². The Hall–Kier alpha value is -1.70. The quantitative estimate of drug-likeness (QED) is 0.382. The summed E-state index contributed by atoms with van der Waals surface area (Å²) >= 11 is 0. The third kappa shape index (κ3) is 2.92. The van der Waals surface area contributed by atoms with Crippen molar-refractivity contribution in [1.29, 1.82) is 0 Å². The molecular formula is C10H9NO. The zero-order valence-corrected chi connectivity index (χ0v) is 6.55.